The lowest BCUT2D eigenvalue weighted by atomic mass is 10.1. The standard InChI is InChI=1S/C25H27N3O2/c1-3-15-30-23-12-10-21(11-13-23)22-17-27-25(28-18-22)24-14-9-20(16-26-24)8-6-4-5-7-19(2)29/h3,6,8-14,16-19,29H,1,4-5,7,15H2,2H3/b8-6+. The summed E-state index contributed by atoms with van der Waals surface area (Å²) in [6.45, 7) is 5.95. The normalized spacial score (nSPS) is 12.1. The molecule has 3 aromatic rings. The van der Waals surface area contributed by atoms with Gasteiger partial charge in [0.1, 0.15) is 18.1 Å². The smallest absolute Gasteiger partial charge is 0.178 e. The Morgan fingerprint density at radius 3 is 2.40 bits per heavy atom. The predicted molar refractivity (Wildman–Crippen MR) is 121 cm³/mol. The average molecular weight is 402 g/mol. The number of nitrogens with zero attached hydrogens (tertiary/aromatic N) is 3. The second-order valence-electron chi connectivity index (χ2n) is 7.08. The van der Waals surface area contributed by atoms with Gasteiger partial charge < -0.3 is 9.84 Å². The molecule has 0 aliphatic heterocycles. The number of rotatable bonds is 10. The van der Waals surface area contributed by atoms with Crippen LogP contribution in [0.15, 0.2) is 73.7 Å². The van der Waals surface area contributed by atoms with E-state index >= 15 is 0 Å². The fourth-order valence-electron chi connectivity index (χ4n) is 2.89. The van der Waals surface area contributed by atoms with Gasteiger partial charge in [0.15, 0.2) is 5.82 Å². The molecule has 0 saturated heterocycles. The van der Waals surface area contributed by atoms with Crippen LogP contribution in [0.4, 0.5) is 0 Å². The van der Waals surface area contributed by atoms with Gasteiger partial charge >= 0.3 is 0 Å². The molecule has 154 valence electrons. The van der Waals surface area contributed by atoms with Gasteiger partial charge in [0.2, 0.25) is 0 Å². The van der Waals surface area contributed by atoms with Crippen molar-refractivity contribution in [3.63, 3.8) is 0 Å². The molecular weight excluding hydrogens is 374 g/mol. The molecule has 2 heterocycles. The van der Waals surface area contributed by atoms with Crippen molar-refractivity contribution in [3.05, 3.63) is 79.3 Å². The summed E-state index contributed by atoms with van der Waals surface area (Å²) in [4.78, 5) is 13.4. The number of unbranched alkanes of at least 4 members (excludes halogenated alkanes) is 1. The van der Waals surface area contributed by atoms with E-state index in [1.165, 1.54) is 0 Å². The van der Waals surface area contributed by atoms with Gasteiger partial charge in [-0.2, -0.15) is 0 Å². The van der Waals surface area contributed by atoms with E-state index in [1.807, 2.05) is 55.6 Å². The van der Waals surface area contributed by atoms with Gasteiger partial charge in [-0.1, -0.05) is 43.0 Å². The summed E-state index contributed by atoms with van der Waals surface area (Å²) in [6.07, 6.45) is 13.8. The zero-order chi connectivity index (χ0) is 21.2. The molecule has 0 aliphatic rings. The molecule has 1 N–H and O–H groups in total. The summed E-state index contributed by atoms with van der Waals surface area (Å²) in [7, 11) is 0. The third-order valence-electron chi connectivity index (χ3n) is 4.53. The van der Waals surface area contributed by atoms with Crippen LogP contribution in [0, 0.1) is 0 Å². The lowest BCUT2D eigenvalue weighted by molar-refractivity contribution is 0.182. The number of ether oxygens (including phenoxy) is 1. The molecule has 5 nitrogen and oxygen atoms in total. The summed E-state index contributed by atoms with van der Waals surface area (Å²) < 4.78 is 5.51. The Morgan fingerprint density at radius 1 is 1.00 bits per heavy atom. The molecule has 5 heteroatoms. The lowest BCUT2D eigenvalue weighted by Crippen LogP contribution is -1.97. The van der Waals surface area contributed by atoms with Crippen LogP contribution >= 0.6 is 0 Å². The minimum Gasteiger partial charge on any atom is -0.490 e. The molecule has 0 saturated carbocycles. The van der Waals surface area contributed by atoms with E-state index in [0.29, 0.717) is 12.4 Å². The Balaban J connectivity index is 1.60. The molecule has 3 rings (SSSR count). The van der Waals surface area contributed by atoms with Gasteiger partial charge in [0.25, 0.3) is 0 Å². The first-order valence-corrected chi connectivity index (χ1v) is 10.1. The largest absolute Gasteiger partial charge is 0.490 e. The number of pyridine rings is 1. The van der Waals surface area contributed by atoms with E-state index in [-0.39, 0.29) is 6.10 Å². The summed E-state index contributed by atoms with van der Waals surface area (Å²) in [5.74, 6) is 1.40. The molecule has 1 aromatic carbocycles. The van der Waals surface area contributed by atoms with E-state index in [2.05, 4.69) is 27.6 Å². The second kappa shape index (κ2) is 11.0. The maximum Gasteiger partial charge on any atom is 0.178 e. The molecule has 30 heavy (non-hydrogen) atoms. The summed E-state index contributed by atoms with van der Waals surface area (Å²) in [5.41, 5.74) is 3.73. The van der Waals surface area contributed by atoms with Crippen molar-refractivity contribution in [2.75, 3.05) is 6.61 Å². The number of hydrogen-bond acceptors (Lipinski definition) is 5. The first-order chi connectivity index (χ1) is 14.7. The SMILES string of the molecule is C=CCOc1ccc(-c2cnc(-c3ccc(/C=C/CCCC(C)O)cn3)nc2)cc1. The molecule has 0 bridgehead atoms. The number of allylic oxidation sites excluding steroid dienone is 1. The van der Waals surface area contributed by atoms with Crippen molar-refractivity contribution < 1.29 is 9.84 Å². The second-order valence-corrected chi connectivity index (χ2v) is 7.08. The fourth-order valence-corrected chi connectivity index (χ4v) is 2.89. The summed E-state index contributed by atoms with van der Waals surface area (Å²) in [5, 5.41) is 9.27. The van der Waals surface area contributed by atoms with Crippen LogP contribution in [0.3, 0.4) is 0 Å². The van der Waals surface area contributed by atoms with E-state index in [1.54, 1.807) is 18.5 Å². The van der Waals surface area contributed by atoms with Crippen LogP contribution in [0.25, 0.3) is 28.7 Å². The van der Waals surface area contributed by atoms with E-state index in [9.17, 15) is 5.11 Å². The highest BCUT2D eigenvalue weighted by atomic mass is 16.5. The third-order valence-corrected chi connectivity index (χ3v) is 4.53. The molecule has 2 aromatic heterocycles. The van der Waals surface area contributed by atoms with Crippen LogP contribution in [-0.2, 0) is 0 Å². The summed E-state index contributed by atoms with van der Waals surface area (Å²) in [6, 6.07) is 11.7. The lowest BCUT2D eigenvalue weighted by Gasteiger charge is -2.06. The quantitative estimate of drug-likeness (QED) is 0.367. The highest BCUT2D eigenvalue weighted by molar-refractivity contribution is 5.64. The molecule has 0 radical (unpaired) electrons. The number of aliphatic hydroxyl groups excluding tert-OH is 1. The number of aromatic nitrogens is 3. The van der Waals surface area contributed by atoms with Gasteiger partial charge in [0.05, 0.1) is 6.10 Å². The number of aliphatic hydroxyl groups is 1. The van der Waals surface area contributed by atoms with Crippen LogP contribution in [0.1, 0.15) is 31.7 Å². The van der Waals surface area contributed by atoms with Crippen molar-refractivity contribution in [2.45, 2.75) is 32.3 Å². The van der Waals surface area contributed by atoms with Gasteiger partial charge in [-0.3, -0.25) is 4.98 Å². The topological polar surface area (TPSA) is 68.1 Å². The van der Waals surface area contributed by atoms with E-state index in [0.717, 1.165) is 47.4 Å². The highest BCUT2D eigenvalue weighted by Gasteiger charge is 2.05. The Kier molecular flexibility index (Phi) is 7.86. The maximum absolute atomic E-state index is 9.27. The monoisotopic (exact) mass is 401 g/mol. The highest BCUT2D eigenvalue weighted by Crippen LogP contribution is 2.22. The fraction of sp³-hybridized carbons (Fsp3) is 0.240. The maximum atomic E-state index is 9.27. The van der Waals surface area contributed by atoms with Crippen molar-refractivity contribution in [3.8, 4) is 28.4 Å². The zero-order valence-corrected chi connectivity index (χ0v) is 17.2. The minimum atomic E-state index is -0.235. The van der Waals surface area contributed by atoms with Gasteiger partial charge in [-0.05, 0) is 55.5 Å². The van der Waals surface area contributed by atoms with E-state index in [4.69, 9.17) is 4.74 Å². The Bertz CT molecular complexity index is 947. The Labute approximate surface area is 177 Å². The first kappa shape index (κ1) is 21.4. The Hall–Kier alpha value is -3.31. The van der Waals surface area contributed by atoms with Crippen LogP contribution < -0.4 is 4.74 Å². The molecule has 0 fully saturated rings. The molecule has 0 aliphatic carbocycles. The van der Waals surface area contributed by atoms with Crippen LogP contribution in [0.5, 0.6) is 5.75 Å². The first-order valence-electron chi connectivity index (χ1n) is 10.1. The van der Waals surface area contributed by atoms with Crippen molar-refractivity contribution >= 4 is 6.08 Å². The van der Waals surface area contributed by atoms with Crippen molar-refractivity contribution in [2.24, 2.45) is 0 Å². The van der Waals surface area contributed by atoms with Crippen LogP contribution in [0.2, 0.25) is 0 Å². The predicted octanol–water partition coefficient (Wildman–Crippen LogP) is 5.33. The molecule has 0 spiro atoms. The van der Waals surface area contributed by atoms with Crippen molar-refractivity contribution in [1.29, 1.82) is 0 Å². The van der Waals surface area contributed by atoms with Gasteiger partial charge in [0, 0.05) is 24.2 Å². The molecule has 1 atom stereocenters. The molecule has 0 amide bonds. The summed E-state index contributed by atoms with van der Waals surface area (Å²) >= 11 is 0. The zero-order valence-electron chi connectivity index (χ0n) is 17.2. The number of benzene rings is 1. The Morgan fingerprint density at radius 2 is 1.77 bits per heavy atom. The van der Waals surface area contributed by atoms with Crippen LogP contribution in [-0.4, -0.2) is 32.8 Å². The van der Waals surface area contributed by atoms with Gasteiger partial charge in [-0.25, -0.2) is 9.97 Å². The average Bonchev–Trinajstić information content (AvgIpc) is 2.78. The number of hydrogen-bond donors (Lipinski definition) is 1. The minimum absolute atomic E-state index is 0.235. The molecule has 1 unspecified atom stereocenters. The van der Waals surface area contributed by atoms with Gasteiger partial charge in [-0.15, -0.1) is 0 Å². The molecular formula is C25H27N3O2. The third kappa shape index (κ3) is 6.36. The van der Waals surface area contributed by atoms with E-state index < -0.39 is 0 Å². The van der Waals surface area contributed by atoms with Crippen molar-refractivity contribution in [1.82, 2.24) is 15.0 Å².